The monoisotopic (exact) mass is 269 g/mol. The molecule has 2 aromatic carbocycles. The number of methoxy groups -OCH3 is 1. The van der Waals surface area contributed by atoms with Gasteiger partial charge in [-0.3, -0.25) is 0 Å². The lowest BCUT2D eigenvalue weighted by molar-refractivity contribution is 0.259. The Bertz CT molecular complexity index is 733. The van der Waals surface area contributed by atoms with Crippen LogP contribution in [0.25, 0.3) is 11.0 Å². The summed E-state index contributed by atoms with van der Waals surface area (Å²) in [6, 6.07) is 15.1. The molecule has 0 aliphatic heterocycles. The van der Waals surface area contributed by atoms with Gasteiger partial charge in [0.25, 0.3) is 0 Å². The van der Waals surface area contributed by atoms with Crippen molar-refractivity contribution in [2.24, 2.45) is 0 Å². The molecule has 20 heavy (non-hydrogen) atoms. The molecule has 1 heterocycles. The molecular formula is C16H15NO3. The van der Waals surface area contributed by atoms with Crippen molar-refractivity contribution in [3.63, 3.8) is 0 Å². The summed E-state index contributed by atoms with van der Waals surface area (Å²) < 4.78 is 16.7. The smallest absolute Gasteiger partial charge is 0.161 e. The predicted octanol–water partition coefficient (Wildman–Crippen LogP) is 3.60. The van der Waals surface area contributed by atoms with E-state index in [0.29, 0.717) is 23.8 Å². The lowest BCUT2D eigenvalue weighted by atomic mass is 10.2. The van der Waals surface area contributed by atoms with Crippen molar-refractivity contribution in [2.75, 3.05) is 12.8 Å². The second kappa shape index (κ2) is 5.17. The van der Waals surface area contributed by atoms with Gasteiger partial charge in [0.05, 0.1) is 7.11 Å². The zero-order chi connectivity index (χ0) is 13.9. The topological polar surface area (TPSA) is 57.6 Å². The highest BCUT2D eigenvalue weighted by atomic mass is 16.5. The molecule has 4 heteroatoms. The molecule has 0 radical (unpaired) electrons. The minimum absolute atomic E-state index is 0.342. The molecule has 0 amide bonds. The van der Waals surface area contributed by atoms with E-state index in [1.165, 1.54) is 0 Å². The average Bonchev–Trinajstić information content (AvgIpc) is 2.87. The summed E-state index contributed by atoms with van der Waals surface area (Å²) in [6.07, 6.45) is 0. The first-order valence-corrected chi connectivity index (χ1v) is 6.30. The van der Waals surface area contributed by atoms with Crippen LogP contribution >= 0.6 is 0 Å². The Morgan fingerprint density at radius 2 is 1.85 bits per heavy atom. The van der Waals surface area contributed by atoms with Crippen molar-refractivity contribution in [2.45, 2.75) is 6.61 Å². The van der Waals surface area contributed by atoms with Gasteiger partial charge in [0.2, 0.25) is 0 Å². The normalized spacial score (nSPS) is 10.7. The standard InChI is InChI=1S/C16H15NO3/c1-18-14-4-2-3-5-15(14)19-10-13-8-11-6-7-12(17)9-16(11)20-13/h2-9H,10,17H2,1H3. The number of hydrogen-bond donors (Lipinski definition) is 1. The Kier molecular flexibility index (Phi) is 3.21. The molecule has 0 fully saturated rings. The zero-order valence-corrected chi connectivity index (χ0v) is 11.1. The van der Waals surface area contributed by atoms with E-state index in [2.05, 4.69) is 0 Å². The third-order valence-corrected chi connectivity index (χ3v) is 3.03. The van der Waals surface area contributed by atoms with Gasteiger partial charge in [0, 0.05) is 17.1 Å². The van der Waals surface area contributed by atoms with Gasteiger partial charge in [0.1, 0.15) is 18.0 Å². The van der Waals surface area contributed by atoms with Crippen LogP contribution in [-0.2, 0) is 6.61 Å². The molecule has 0 unspecified atom stereocenters. The second-order valence-corrected chi connectivity index (χ2v) is 4.45. The molecule has 0 saturated heterocycles. The van der Waals surface area contributed by atoms with Crippen molar-refractivity contribution < 1.29 is 13.9 Å². The first kappa shape index (κ1) is 12.4. The van der Waals surface area contributed by atoms with Crippen LogP contribution in [-0.4, -0.2) is 7.11 Å². The number of furan rings is 1. The minimum Gasteiger partial charge on any atom is -0.493 e. The van der Waals surface area contributed by atoms with Crippen LogP contribution in [0.4, 0.5) is 5.69 Å². The van der Waals surface area contributed by atoms with Crippen LogP contribution in [0.2, 0.25) is 0 Å². The predicted molar refractivity (Wildman–Crippen MR) is 78.0 cm³/mol. The van der Waals surface area contributed by atoms with Crippen molar-refractivity contribution in [3.05, 3.63) is 54.3 Å². The van der Waals surface area contributed by atoms with Gasteiger partial charge in [-0.15, -0.1) is 0 Å². The fourth-order valence-corrected chi connectivity index (χ4v) is 2.06. The third kappa shape index (κ3) is 2.40. The highest BCUT2D eigenvalue weighted by Crippen LogP contribution is 2.28. The Hall–Kier alpha value is -2.62. The van der Waals surface area contributed by atoms with Gasteiger partial charge < -0.3 is 19.6 Å². The van der Waals surface area contributed by atoms with Gasteiger partial charge in [0.15, 0.2) is 11.5 Å². The van der Waals surface area contributed by atoms with Crippen LogP contribution in [0.3, 0.4) is 0 Å². The van der Waals surface area contributed by atoms with Crippen LogP contribution in [0.5, 0.6) is 11.5 Å². The maximum absolute atomic E-state index is 5.73. The van der Waals surface area contributed by atoms with Crippen molar-refractivity contribution in [3.8, 4) is 11.5 Å². The second-order valence-electron chi connectivity index (χ2n) is 4.45. The molecule has 0 spiro atoms. The fraction of sp³-hybridized carbons (Fsp3) is 0.125. The fourth-order valence-electron chi connectivity index (χ4n) is 2.06. The van der Waals surface area contributed by atoms with E-state index in [4.69, 9.17) is 19.6 Å². The van der Waals surface area contributed by atoms with E-state index in [0.717, 1.165) is 16.7 Å². The maximum atomic E-state index is 5.73. The molecule has 3 aromatic rings. The van der Waals surface area contributed by atoms with Crippen LogP contribution in [0, 0.1) is 0 Å². The molecule has 2 N–H and O–H groups in total. The third-order valence-electron chi connectivity index (χ3n) is 3.03. The van der Waals surface area contributed by atoms with Crippen molar-refractivity contribution in [1.29, 1.82) is 0 Å². The van der Waals surface area contributed by atoms with E-state index in [-0.39, 0.29) is 0 Å². The number of nitrogens with two attached hydrogens (primary N) is 1. The first-order chi connectivity index (χ1) is 9.76. The number of para-hydroxylation sites is 2. The van der Waals surface area contributed by atoms with E-state index < -0.39 is 0 Å². The lowest BCUT2D eigenvalue weighted by Crippen LogP contribution is -1.96. The van der Waals surface area contributed by atoms with E-state index >= 15 is 0 Å². The number of nitrogen functional groups attached to an aromatic ring is 1. The summed E-state index contributed by atoms with van der Waals surface area (Å²) in [7, 11) is 1.62. The van der Waals surface area contributed by atoms with Gasteiger partial charge >= 0.3 is 0 Å². The molecule has 3 rings (SSSR count). The molecule has 4 nitrogen and oxygen atoms in total. The summed E-state index contributed by atoms with van der Waals surface area (Å²) in [5.41, 5.74) is 7.18. The molecule has 0 saturated carbocycles. The molecule has 102 valence electrons. The van der Waals surface area contributed by atoms with E-state index in [1.54, 1.807) is 7.11 Å². The summed E-state index contributed by atoms with van der Waals surface area (Å²) >= 11 is 0. The maximum Gasteiger partial charge on any atom is 0.161 e. The Balaban J connectivity index is 1.79. The Labute approximate surface area is 116 Å². The SMILES string of the molecule is COc1ccccc1OCc1cc2ccc(N)cc2o1. The summed E-state index contributed by atoms with van der Waals surface area (Å²) in [5.74, 6) is 2.14. The summed E-state index contributed by atoms with van der Waals surface area (Å²) in [4.78, 5) is 0. The molecule has 1 aromatic heterocycles. The number of rotatable bonds is 4. The highest BCUT2D eigenvalue weighted by Gasteiger charge is 2.07. The van der Waals surface area contributed by atoms with E-state index in [9.17, 15) is 0 Å². The van der Waals surface area contributed by atoms with E-state index in [1.807, 2.05) is 48.5 Å². The van der Waals surface area contributed by atoms with Crippen molar-refractivity contribution in [1.82, 2.24) is 0 Å². The van der Waals surface area contributed by atoms with Crippen LogP contribution in [0.1, 0.15) is 5.76 Å². The molecule has 0 aliphatic carbocycles. The zero-order valence-electron chi connectivity index (χ0n) is 11.1. The van der Waals surface area contributed by atoms with Gasteiger partial charge in [-0.1, -0.05) is 12.1 Å². The number of anilines is 1. The van der Waals surface area contributed by atoms with Crippen LogP contribution < -0.4 is 15.2 Å². The number of benzene rings is 2. The Morgan fingerprint density at radius 1 is 1.05 bits per heavy atom. The summed E-state index contributed by atoms with van der Waals surface area (Å²) in [5, 5.41) is 1.01. The molecule has 0 bridgehead atoms. The molecular weight excluding hydrogens is 254 g/mol. The van der Waals surface area contributed by atoms with Crippen molar-refractivity contribution >= 4 is 16.7 Å². The highest BCUT2D eigenvalue weighted by molar-refractivity contribution is 5.81. The quantitative estimate of drug-likeness (QED) is 0.735. The van der Waals surface area contributed by atoms with Gasteiger partial charge in [-0.25, -0.2) is 0 Å². The molecule has 0 atom stereocenters. The lowest BCUT2D eigenvalue weighted by Gasteiger charge is -2.08. The molecule has 0 aliphatic rings. The summed E-state index contributed by atoms with van der Waals surface area (Å²) in [6.45, 7) is 0.342. The van der Waals surface area contributed by atoms with Crippen LogP contribution in [0.15, 0.2) is 52.9 Å². The number of fused-ring (bicyclic) bond motifs is 1. The minimum atomic E-state index is 0.342. The largest absolute Gasteiger partial charge is 0.493 e. The first-order valence-electron chi connectivity index (χ1n) is 6.30. The van der Waals surface area contributed by atoms with Gasteiger partial charge in [-0.2, -0.15) is 0 Å². The Morgan fingerprint density at radius 3 is 2.65 bits per heavy atom. The number of hydrogen-bond acceptors (Lipinski definition) is 4. The average molecular weight is 269 g/mol. The van der Waals surface area contributed by atoms with Gasteiger partial charge in [-0.05, 0) is 30.3 Å². The number of ether oxygens (including phenoxy) is 2.